The predicted molar refractivity (Wildman–Crippen MR) is 119 cm³/mol. The van der Waals surface area contributed by atoms with Gasteiger partial charge in [-0.3, -0.25) is 9.35 Å². The Morgan fingerprint density at radius 3 is 2.52 bits per heavy atom. The number of carbonyl (C=O) groups excluding carboxylic acids is 1. The lowest BCUT2D eigenvalue weighted by atomic mass is 10.1. The number of rotatable bonds is 4. The first kappa shape index (κ1) is 21.1. The third-order valence-corrected chi connectivity index (χ3v) is 6.14. The molecule has 158 valence electrons. The topological polar surface area (TPSA) is 112 Å². The van der Waals surface area contributed by atoms with Crippen LogP contribution in [0.4, 0.5) is 11.4 Å². The SMILES string of the molecule is CC1=NN(c2c(C)cccc2Cl)C(=O)C1N=Nc1ccc2ccccc2c1S(=O)(=O)O. The average molecular weight is 457 g/mol. The van der Waals surface area contributed by atoms with Gasteiger partial charge in [-0.1, -0.05) is 54.1 Å². The number of halogens is 1. The van der Waals surface area contributed by atoms with Gasteiger partial charge in [0.25, 0.3) is 16.0 Å². The number of nitrogens with zero attached hydrogens (tertiary/aromatic N) is 4. The van der Waals surface area contributed by atoms with Gasteiger partial charge in [0.2, 0.25) is 0 Å². The fourth-order valence-electron chi connectivity index (χ4n) is 3.44. The number of aryl methyl sites for hydroxylation is 1. The maximum Gasteiger partial charge on any atom is 0.297 e. The molecule has 0 fully saturated rings. The third-order valence-electron chi connectivity index (χ3n) is 4.89. The molecule has 8 nitrogen and oxygen atoms in total. The van der Waals surface area contributed by atoms with Crippen LogP contribution in [0.3, 0.4) is 0 Å². The van der Waals surface area contributed by atoms with Crippen molar-refractivity contribution in [3.63, 3.8) is 0 Å². The van der Waals surface area contributed by atoms with Gasteiger partial charge >= 0.3 is 0 Å². The summed E-state index contributed by atoms with van der Waals surface area (Å²) in [4.78, 5) is 12.6. The molecular weight excluding hydrogens is 440 g/mol. The molecule has 1 amide bonds. The summed E-state index contributed by atoms with van der Waals surface area (Å²) in [6.07, 6.45) is 0. The van der Waals surface area contributed by atoms with E-state index >= 15 is 0 Å². The number of hydrogen-bond donors (Lipinski definition) is 1. The summed E-state index contributed by atoms with van der Waals surface area (Å²) in [5.74, 6) is -0.466. The van der Waals surface area contributed by atoms with E-state index in [0.717, 1.165) is 5.56 Å². The zero-order chi connectivity index (χ0) is 22.3. The van der Waals surface area contributed by atoms with E-state index < -0.39 is 22.1 Å². The van der Waals surface area contributed by atoms with Crippen molar-refractivity contribution in [3.05, 3.63) is 65.2 Å². The maximum absolute atomic E-state index is 13.0. The molecule has 0 bridgehead atoms. The first-order valence-corrected chi connectivity index (χ1v) is 11.0. The second kappa shape index (κ2) is 7.84. The van der Waals surface area contributed by atoms with E-state index in [9.17, 15) is 17.8 Å². The highest BCUT2D eigenvalue weighted by Gasteiger charge is 2.36. The van der Waals surface area contributed by atoms with Gasteiger partial charge in [-0.2, -0.15) is 28.8 Å². The molecule has 10 heteroatoms. The van der Waals surface area contributed by atoms with Crippen LogP contribution in [0.25, 0.3) is 10.8 Å². The van der Waals surface area contributed by atoms with Crippen molar-refractivity contribution in [2.45, 2.75) is 24.8 Å². The molecular formula is C21H17ClN4O4S. The van der Waals surface area contributed by atoms with Crippen molar-refractivity contribution in [3.8, 4) is 0 Å². The maximum atomic E-state index is 13.0. The number of carbonyl (C=O) groups is 1. The molecule has 1 aliphatic heterocycles. The van der Waals surface area contributed by atoms with Crippen molar-refractivity contribution in [1.29, 1.82) is 0 Å². The molecule has 0 aromatic heterocycles. The number of fused-ring (bicyclic) bond motifs is 1. The zero-order valence-corrected chi connectivity index (χ0v) is 18.1. The Morgan fingerprint density at radius 1 is 1.06 bits per heavy atom. The van der Waals surface area contributed by atoms with Gasteiger partial charge in [-0.25, -0.2) is 0 Å². The van der Waals surface area contributed by atoms with Gasteiger partial charge < -0.3 is 0 Å². The number of azo groups is 1. The Kier molecular flexibility index (Phi) is 5.34. The first-order chi connectivity index (χ1) is 14.7. The summed E-state index contributed by atoms with van der Waals surface area (Å²) in [5, 5.41) is 14.8. The number of para-hydroxylation sites is 1. The molecule has 31 heavy (non-hydrogen) atoms. The molecule has 1 heterocycles. The summed E-state index contributed by atoms with van der Waals surface area (Å²) in [5.41, 5.74) is 1.52. The van der Waals surface area contributed by atoms with Gasteiger partial charge in [0.15, 0.2) is 6.04 Å². The number of anilines is 1. The normalized spacial score (nSPS) is 17.0. The highest BCUT2D eigenvalue weighted by atomic mass is 35.5. The lowest BCUT2D eigenvalue weighted by Gasteiger charge is -2.16. The Morgan fingerprint density at radius 2 is 1.81 bits per heavy atom. The fraction of sp³-hybridized carbons (Fsp3) is 0.143. The quantitative estimate of drug-likeness (QED) is 0.443. The first-order valence-electron chi connectivity index (χ1n) is 9.23. The lowest BCUT2D eigenvalue weighted by Crippen LogP contribution is -2.30. The van der Waals surface area contributed by atoms with Crippen LogP contribution in [0.15, 0.2) is 74.8 Å². The molecule has 1 N–H and O–H groups in total. The second-order valence-corrected chi connectivity index (χ2v) is 8.79. The average Bonchev–Trinajstić information content (AvgIpc) is 2.98. The van der Waals surface area contributed by atoms with E-state index in [4.69, 9.17) is 11.6 Å². The molecule has 1 unspecified atom stereocenters. The van der Waals surface area contributed by atoms with Gasteiger partial charge in [0.05, 0.1) is 16.4 Å². The van der Waals surface area contributed by atoms with Crippen LogP contribution in [0, 0.1) is 6.92 Å². The van der Waals surface area contributed by atoms with Crippen molar-refractivity contribution < 1.29 is 17.8 Å². The fourth-order valence-corrected chi connectivity index (χ4v) is 4.58. The van der Waals surface area contributed by atoms with Crippen molar-refractivity contribution in [2.75, 3.05) is 5.01 Å². The summed E-state index contributed by atoms with van der Waals surface area (Å²) < 4.78 is 33.9. The van der Waals surface area contributed by atoms with Gasteiger partial charge in [0.1, 0.15) is 10.6 Å². The van der Waals surface area contributed by atoms with Crippen LogP contribution in [-0.4, -0.2) is 30.6 Å². The molecule has 4 rings (SSSR count). The minimum absolute atomic E-state index is 0.0748. The second-order valence-electron chi connectivity index (χ2n) is 7.02. The molecule has 1 aliphatic rings. The molecule has 0 spiro atoms. The molecule has 0 saturated heterocycles. The Labute approximate surface area is 183 Å². The monoisotopic (exact) mass is 456 g/mol. The minimum Gasteiger partial charge on any atom is -0.282 e. The van der Waals surface area contributed by atoms with Gasteiger partial charge in [0, 0.05) is 5.39 Å². The smallest absolute Gasteiger partial charge is 0.282 e. The Balaban J connectivity index is 1.74. The molecule has 0 saturated carbocycles. The summed E-state index contributed by atoms with van der Waals surface area (Å²) in [6, 6.07) is 14.0. The largest absolute Gasteiger partial charge is 0.297 e. The molecule has 3 aromatic rings. The number of hydrogen-bond acceptors (Lipinski definition) is 6. The van der Waals surface area contributed by atoms with E-state index in [1.807, 2.05) is 13.0 Å². The Hall–Kier alpha value is -3.14. The predicted octanol–water partition coefficient (Wildman–Crippen LogP) is 4.92. The van der Waals surface area contributed by atoms with Gasteiger partial charge in [-0.15, -0.1) is 0 Å². The van der Waals surface area contributed by atoms with Crippen molar-refractivity contribution in [2.24, 2.45) is 15.3 Å². The minimum atomic E-state index is -4.59. The number of amides is 1. The summed E-state index contributed by atoms with van der Waals surface area (Å²) >= 11 is 6.26. The summed E-state index contributed by atoms with van der Waals surface area (Å²) in [6.45, 7) is 3.43. The van der Waals surface area contributed by atoms with Crippen LogP contribution in [0.2, 0.25) is 5.02 Å². The van der Waals surface area contributed by atoms with E-state index in [-0.39, 0.29) is 10.6 Å². The third kappa shape index (κ3) is 3.83. The van der Waals surface area contributed by atoms with Crippen molar-refractivity contribution >= 4 is 55.5 Å². The van der Waals surface area contributed by atoms with Crippen LogP contribution < -0.4 is 5.01 Å². The molecule has 3 aromatic carbocycles. The molecule has 0 radical (unpaired) electrons. The zero-order valence-electron chi connectivity index (χ0n) is 16.5. The van der Waals surface area contributed by atoms with Gasteiger partial charge in [-0.05, 0) is 36.9 Å². The van der Waals surface area contributed by atoms with Crippen LogP contribution in [0.5, 0.6) is 0 Å². The Bertz CT molecular complexity index is 1370. The standard InChI is InChI=1S/C21H17ClN4O4S/c1-12-6-5-9-16(22)19(12)26-21(27)18(13(2)25-26)24-23-17-11-10-14-7-3-4-8-15(14)20(17)31(28,29)30/h3-11,18H,1-2H3,(H,28,29,30). The highest BCUT2D eigenvalue weighted by molar-refractivity contribution is 7.86. The number of benzene rings is 3. The highest BCUT2D eigenvalue weighted by Crippen LogP contribution is 2.35. The summed E-state index contributed by atoms with van der Waals surface area (Å²) in [7, 11) is -4.59. The van der Waals surface area contributed by atoms with E-state index in [0.29, 0.717) is 27.2 Å². The van der Waals surface area contributed by atoms with Crippen molar-refractivity contribution in [1.82, 2.24) is 0 Å². The van der Waals surface area contributed by atoms with Crippen LogP contribution >= 0.6 is 11.6 Å². The van der Waals surface area contributed by atoms with Crippen LogP contribution in [0.1, 0.15) is 12.5 Å². The molecule has 0 aliphatic carbocycles. The number of hydrazone groups is 1. The van der Waals surface area contributed by atoms with Crippen LogP contribution in [-0.2, 0) is 14.9 Å². The van der Waals surface area contributed by atoms with E-state index in [2.05, 4.69) is 15.3 Å². The van der Waals surface area contributed by atoms with E-state index in [1.165, 1.54) is 11.1 Å². The molecule has 1 atom stereocenters. The lowest BCUT2D eigenvalue weighted by molar-refractivity contribution is -0.117. The van der Waals surface area contributed by atoms with E-state index in [1.54, 1.807) is 49.4 Å².